The van der Waals surface area contributed by atoms with Crippen molar-refractivity contribution in [3.8, 4) is 0 Å². The minimum Gasteiger partial charge on any atom is -0.327 e. The van der Waals surface area contributed by atoms with Crippen LogP contribution < -0.4 is 16.4 Å². The van der Waals surface area contributed by atoms with Gasteiger partial charge >= 0.3 is 0 Å². The van der Waals surface area contributed by atoms with Gasteiger partial charge in [-0.15, -0.1) is 0 Å². The molecule has 0 fully saturated rings. The number of aromatic amines is 1. The molecule has 0 aromatic carbocycles. The van der Waals surface area contributed by atoms with E-state index in [9.17, 15) is 4.79 Å². The highest BCUT2D eigenvalue weighted by atomic mass is 16.1. The first kappa shape index (κ1) is 5.49. The summed E-state index contributed by atoms with van der Waals surface area (Å²) in [5.41, 5.74) is 7.22. The van der Waals surface area contributed by atoms with Gasteiger partial charge in [0, 0.05) is 12.7 Å². The van der Waals surface area contributed by atoms with Gasteiger partial charge in [-0.3, -0.25) is 4.79 Å². The SMILES string of the molecule is O=c1[nH]ccc2c1NNC2. The Morgan fingerprint density at radius 1 is 1.50 bits per heavy atom. The van der Waals surface area contributed by atoms with Crippen LogP contribution >= 0.6 is 0 Å². The van der Waals surface area contributed by atoms with Crippen LogP contribution in [-0.4, -0.2) is 4.98 Å². The van der Waals surface area contributed by atoms with Gasteiger partial charge in [-0.1, -0.05) is 0 Å². The Balaban J connectivity index is 2.70. The Hall–Kier alpha value is -1.29. The molecule has 4 nitrogen and oxygen atoms in total. The summed E-state index contributed by atoms with van der Waals surface area (Å²) < 4.78 is 0. The Bertz CT molecular complexity index is 304. The van der Waals surface area contributed by atoms with E-state index in [1.165, 1.54) is 0 Å². The molecule has 4 heteroatoms. The maximum atomic E-state index is 11.0. The number of hydrogen-bond acceptors (Lipinski definition) is 3. The highest BCUT2D eigenvalue weighted by molar-refractivity contribution is 5.50. The van der Waals surface area contributed by atoms with Crippen LogP contribution in [0, 0.1) is 0 Å². The smallest absolute Gasteiger partial charge is 0.272 e. The van der Waals surface area contributed by atoms with Crippen LogP contribution in [0.25, 0.3) is 0 Å². The van der Waals surface area contributed by atoms with Crippen LogP contribution in [0.5, 0.6) is 0 Å². The number of hydrogen-bond donors (Lipinski definition) is 3. The topological polar surface area (TPSA) is 56.9 Å². The van der Waals surface area contributed by atoms with Crippen molar-refractivity contribution < 1.29 is 0 Å². The quantitative estimate of drug-likeness (QED) is 0.464. The van der Waals surface area contributed by atoms with Crippen LogP contribution in [0.1, 0.15) is 5.56 Å². The molecule has 10 heavy (non-hydrogen) atoms. The van der Waals surface area contributed by atoms with Gasteiger partial charge in [-0.05, 0) is 11.6 Å². The van der Waals surface area contributed by atoms with Crippen molar-refractivity contribution in [2.75, 3.05) is 5.43 Å². The summed E-state index contributed by atoms with van der Waals surface area (Å²) >= 11 is 0. The molecule has 0 spiro atoms. The molecule has 0 unspecified atom stereocenters. The molecule has 1 aromatic heterocycles. The van der Waals surface area contributed by atoms with Gasteiger partial charge in [-0.25, -0.2) is 5.43 Å². The summed E-state index contributed by atoms with van der Waals surface area (Å²) in [6.07, 6.45) is 1.65. The third-order valence-electron chi connectivity index (χ3n) is 1.54. The molecule has 2 rings (SSSR count). The number of anilines is 1. The molecule has 2 heterocycles. The fraction of sp³-hybridized carbons (Fsp3) is 0.167. The van der Waals surface area contributed by atoms with E-state index in [0.717, 1.165) is 12.1 Å². The minimum absolute atomic E-state index is 0.0671. The number of aromatic nitrogens is 1. The lowest BCUT2D eigenvalue weighted by Crippen LogP contribution is -2.16. The second-order valence-corrected chi connectivity index (χ2v) is 2.19. The first-order chi connectivity index (χ1) is 4.88. The number of H-pyrrole nitrogens is 1. The van der Waals surface area contributed by atoms with E-state index >= 15 is 0 Å². The van der Waals surface area contributed by atoms with E-state index in [1.807, 2.05) is 6.07 Å². The normalized spacial score (nSPS) is 14.4. The van der Waals surface area contributed by atoms with Crippen molar-refractivity contribution in [3.05, 3.63) is 28.2 Å². The first-order valence-electron chi connectivity index (χ1n) is 3.07. The van der Waals surface area contributed by atoms with Gasteiger partial charge in [-0.2, -0.15) is 0 Å². The first-order valence-corrected chi connectivity index (χ1v) is 3.07. The summed E-state index contributed by atoms with van der Waals surface area (Å²) in [6, 6.07) is 1.88. The molecule has 1 aromatic rings. The molecule has 0 radical (unpaired) electrons. The van der Waals surface area contributed by atoms with Gasteiger partial charge < -0.3 is 10.4 Å². The number of fused-ring (bicyclic) bond motifs is 1. The monoisotopic (exact) mass is 137 g/mol. The summed E-state index contributed by atoms with van der Waals surface area (Å²) in [6.45, 7) is 0.721. The van der Waals surface area contributed by atoms with Gasteiger partial charge in [0.15, 0.2) is 0 Å². The van der Waals surface area contributed by atoms with Crippen molar-refractivity contribution in [2.24, 2.45) is 0 Å². The predicted molar refractivity (Wildman–Crippen MR) is 37.5 cm³/mol. The van der Waals surface area contributed by atoms with Crippen LogP contribution in [0.3, 0.4) is 0 Å². The Morgan fingerprint density at radius 3 is 3.20 bits per heavy atom. The Kier molecular flexibility index (Phi) is 1.01. The average molecular weight is 137 g/mol. The van der Waals surface area contributed by atoms with Gasteiger partial charge in [0.1, 0.15) is 5.69 Å². The second-order valence-electron chi connectivity index (χ2n) is 2.19. The van der Waals surface area contributed by atoms with Crippen molar-refractivity contribution in [3.63, 3.8) is 0 Å². The second kappa shape index (κ2) is 1.85. The summed E-state index contributed by atoms with van der Waals surface area (Å²) in [5, 5.41) is 0. The lowest BCUT2D eigenvalue weighted by molar-refractivity contribution is 0.860. The number of nitrogens with one attached hydrogen (secondary N) is 3. The molecule has 1 aliphatic heterocycles. The van der Waals surface area contributed by atoms with Crippen molar-refractivity contribution in [1.82, 2.24) is 10.4 Å². The number of pyridine rings is 1. The summed E-state index contributed by atoms with van der Waals surface area (Å²) in [4.78, 5) is 13.5. The standard InChI is InChI=1S/C6H7N3O/c10-6-5-4(1-2-7-6)3-8-9-5/h1-2,8-9H,3H2,(H,7,10). The molecular weight excluding hydrogens is 130 g/mol. The average Bonchev–Trinajstić information content (AvgIpc) is 2.36. The maximum Gasteiger partial charge on any atom is 0.272 e. The molecule has 3 N–H and O–H groups in total. The maximum absolute atomic E-state index is 11.0. The number of rotatable bonds is 0. The number of hydrazine groups is 1. The van der Waals surface area contributed by atoms with E-state index in [0.29, 0.717) is 5.69 Å². The highest BCUT2D eigenvalue weighted by Crippen LogP contribution is 2.11. The lowest BCUT2D eigenvalue weighted by Gasteiger charge is -1.92. The van der Waals surface area contributed by atoms with Gasteiger partial charge in [0.25, 0.3) is 5.56 Å². The fourth-order valence-corrected chi connectivity index (χ4v) is 1.03. The summed E-state index contributed by atoms with van der Waals surface area (Å²) in [7, 11) is 0. The molecule has 52 valence electrons. The van der Waals surface area contributed by atoms with E-state index in [-0.39, 0.29) is 5.56 Å². The summed E-state index contributed by atoms with van der Waals surface area (Å²) in [5.74, 6) is 0. The predicted octanol–water partition coefficient (Wildman–Crippen LogP) is -0.195. The van der Waals surface area contributed by atoms with Crippen LogP contribution in [0.15, 0.2) is 17.1 Å². The van der Waals surface area contributed by atoms with E-state index in [1.54, 1.807) is 6.20 Å². The lowest BCUT2D eigenvalue weighted by atomic mass is 10.2. The molecule has 0 saturated heterocycles. The minimum atomic E-state index is -0.0671. The molecule has 0 saturated carbocycles. The molecule has 0 aliphatic carbocycles. The largest absolute Gasteiger partial charge is 0.327 e. The van der Waals surface area contributed by atoms with Crippen LogP contribution in [-0.2, 0) is 6.54 Å². The van der Waals surface area contributed by atoms with Crippen molar-refractivity contribution in [1.29, 1.82) is 0 Å². The third kappa shape index (κ3) is 0.625. The zero-order chi connectivity index (χ0) is 6.97. The molecule has 0 bridgehead atoms. The highest BCUT2D eigenvalue weighted by Gasteiger charge is 2.10. The zero-order valence-electron chi connectivity index (χ0n) is 5.27. The molecule has 0 atom stereocenters. The van der Waals surface area contributed by atoms with E-state index < -0.39 is 0 Å². The fourth-order valence-electron chi connectivity index (χ4n) is 1.03. The zero-order valence-corrected chi connectivity index (χ0v) is 5.27. The Morgan fingerprint density at radius 2 is 2.40 bits per heavy atom. The molecular formula is C6H7N3O. The van der Waals surface area contributed by atoms with Gasteiger partial charge in [0.2, 0.25) is 0 Å². The molecule has 0 amide bonds. The van der Waals surface area contributed by atoms with E-state index in [2.05, 4.69) is 15.8 Å². The van der Waals surface area contributed by atoms with Crippen LogP contribution in [0.2, 0.25) is 0 Å². The van der Waals surface area contributed by atoms with Crippen molar-refractivity contribution >= 4 is 5.69 Å². The van der Waals surface area contributed by atoms with E-state index in [4.69, 9.17) is 0 Å². The molecule has 1 aliphatic rings. The van der Waals surface area contributed by atoms with Gasteiger partial charge in [0.05, 0.1) is 0 Å². The van der Waals surface area contributed by atoms with Crippen LogP contribution in [0.4, 0.5) is 5.69 Å². The Labute approximate surface area is 57.2 Å². The third-order valence-corrected chi connectivity index (χ3v) is 1.54. The van der Waals surface area contributed by atoms with Crippen molar-refractivity contribution in [2.45, 2.75) is 6.54 Å².